The molecule has 0 aliphatic carbocycles. The topological polar surface area (TPSA) is 0 Å². The monoisotopic (exact) mass is 286 g/mol. The average Bonchev–Trinajstić information content (AvgIpc) is 2.62. The van der Waals surface area contributed by atoms with E-state index < -0.39 is 0 Å². The van der Waals surface area contributed by atoms with Gasteiger partial charge in [0.25, 0.3) is 0 Å². The molecule has 0 aliphatic rings. The Morgan fingerprint density at radius 2 is 1.27 bits per heavy atom. The molecule has 3 aromatic carbocycles. The fourth-order valence-electron chi connectivity index (χ4n) is 3.20. The molecule has 0 amide bonds. The van der Waals surface area contributed by atoms with E-state index in [4.69, 9.17) is 0 Å². The molecule has 3 rings (SSSR count). The van der Waals surface area contributed by atoms with Crippen LogP contribution in [0.25, 0.3) is 11.1 Å². The third-order valence-electron chi connectivity index (χ3n) is 4.41. The molecule has 1 unspecified atom stereocenters. The molecule has 110 valence electrons. The van der Waals surface area contributed by atoms with Crippen molar-refractivity contribution in [3.8, 4) is 11.1 Å². The second kappa shape index (κ2) is 6.62. The van der Waals surface area contributed by atoms with Crippen molar-refractivity contribution in [2.24, 2.45) is 0 Å². The number of rotatable bonds is 4. The molecule has 0 heterocycles. The van der Waals surface area contributed by atoms with Crippen molar-refractivity contribution in [3.05, 3.63) is 95.6 Å². The molecule has 0 fully saturated rings. The smallest absolute Gasteiger partial charge is 0.00698 e. The van der Waals surface area contributed by atoms with E-state index in [1.54, 1.807) is 0 Å². The van der Waals surface area contributed by atoms with Crippen molar-refractivity contribution in [1.29, 1.82) is 0 Å². The highest BCUT2D eigenvalue weighted by atomic mass is 14.2. The Balaban J connectivity index is 2.09. The molecule has 0 spiro atoms. The molecule has 0 heteroatoms. The second-order valence-electron chi connectivity index (χ2n) is 5.73. The van der Waals surface area contributed by atoms with Gasteiger partial charge in [0.2, 0.25) is 0 Å². The van der Waals surface area contributed by atoms with E-state index in [2.05, 4.69) is 92.7 Å². The van der Waals surface area contributed by atoms with Crippen LogP contribution in [-0.4, -0.2) is 0 Å². The predicted molar refractivity (Wildman–Crippen MR) is 95.2 cm³/mol. The zero-order valence-corrected chi connectivity index (χ0v) is 13.3. The molecule has 1 atom stereocenters. The van der Waals surface area contributed by atoms with Gasteiger partial charge in [-0.1, -0.05) is 92.7 Å². The molecule has 0 saturated heterocycles. The van der Waals surface area contributed by atoms with Crippen LogP contribution in [0.4, 0.5) is 0 Å². The van der Waals surface area contributed by atoms with Crippen LogP contribution < -0.4 is 0 Å². The molecule has 22 heavy (non-hydrogen) atoms. The first kappa shape index (κ1) is 14.6. The summed E-state index contributed by atoms with van der Waals surface area (Å²) in [4.78, 5) is 0. The quantitative estimate of drug-likeness (QED) is 0.546. The highest BCUT2D eigenvalue weighted by Gasteiger charge is 2.15. The summed E-state index contributed by atoms with van der Waals surface area (Å²) in [7, 11) is 0. The summed E-state index contributed by atoms with van der Waals surface area (Å²) >= 11 is 0. The first-order valence-corrected chi connectivity index (χ1v) is 8.03. The average molecular weight is 286 g/mol. The van der Waals surface area contributed by atoms with E-state index in [0.29, 0.717) is 5.92 Å². The van der Waals surface area contributed by atoms with Gasteiger partial charge < -0.3 is 0 Å². The van der Waals surface area contributed by atoms with Crippen molar-refractivity contribution < 1.29 is 0 Å². The third-order valence-corrected chi connectivity index (χ3v) is 4.41. The van der Waals surface area contributed by atoms with E-state index in [1.807, 2.05) is 0 Å². The molecule has 0 nitrogen and oxygen atoms in total. The van der Waals surface area contributed by atoms with Gasteiger partial charge in [-0.25, -0.2) is 0 Å². The Labute approximate surface area is 133 Å². The zero-order valence-electron chi connectivity index (χ0n) is 13.3. The highest BCUT2D eigenvalue weighted by Crippen LogP contribution is 2.34. The fraction of sp³-hybridized carbons (Fsp3) is 0.182. The van der Waals surface area contributed by atoms with Gasteiger partial charge in [0, 0.05) is 5.92 Å². The fourth-order valence-corrected chi connectivity index (χ4v) is 3.20. The Kier molecular flexibility index (Phi) is 4.39. The van der Waals surface area contributed by atoms with Gasteiger partial charge in [-0.05, 0) is 34.2 Å². The number of hydrogen-bond acceptors (Lipinski definition) is 0. The molecule has 0 saturated carbocycles. The SMILES string of the molecule is CCc1ccccc1C(C)c1ccccc1-c1ccccc1. The lowest BCUT2D eigenvalue weighted by Gasteiger charge is -2.20. The van der Waals surface area contributed by atoms with Crippen LogP contribution >= 0.6 is 0 Å². The minimum absolute atomic E-state index is 0.396. The summed E-state index contributed by atoms with van der Waals surface area (Å²) in [5, 5.41) is 0. The lowest BCUT2D eigenvalue weighted by Crippen LogP contribution is -2.02. The van der Waals surface area contributed by atoms with Crippen molar-refractivity contribution in [3.63, 3.8) is 0 Å². The van der Waals surface area contributed by atoms with E-state index in [-0.39, 0.29) is 0 Å². The maximum atomic E-state index is 2.32. The van der Waals surface area contributed by atoms with Gasteiger partial charge >= 0.3 is 0 Å². The van der Waals surface area contributed by atoms with Crippen LogP contribution in [0.3, 0.4) is 0 Å². The van der Waals surface area contributed by atoms with Gasteiger partial charge in [0.15, 0.2) is 0 Å². The summed E-state index contributed by atoms with van der Waals surface area (Å²) in [5.74, 6) is 0.396. The first-order valence-electron chi connectivity index (χ1n) is 8.03. The van der Waals surface area contributed by atoms with Crippen molar-refractivity contribution >= 4 is 0 Å². The number of hydrogen-bond donors (Lipinski definition) is 0. The Bertz CT molecular complexity index is 741. The Hall–Kier alpha value is -2.34. The van der Waals surface area contributed by atoms with E-state index in [9.17, 15) is 0 Å². The lowest BCUT2D eigenvalue weighted by molar-refractivity contribution is 0.895. The van der Waals surface area contributed by atoms with Gasteiger partial charge in [-0.3, -0.25) is 0 Å². The normalized spacial score (nSPS) is 12.1. The standard InChI is InChI=1S/C22H22/c1-3-18-11-7-8-14-20(18)17(2)21-15-9-10-16-22(21)19-12-5-4-6-13-19/h4-17H,3H2,1-2H3. The summed E-state index contributed by atoms with van der Waals surface area (Å²) in [6.07, 6.45) is 1.08. The predicted octanol–water partition coefficient (Wildman–Crippen LogP) is 6.07. The minimum atomic E-state index is 0.396. The van der Waals surface area contributed by atoms with E-state index >= 15 is 0 Å². The maximum Gasteiger partial charge on any atom is 0.00698 e. The van der Waals surface area contributed by atoms with Crippen LogP contribution in [0.5, 0.6) is 0 Å². The maximum absolute atomic E-state index is 2.32. The van der Waals surface area contributed by atoms with Crippen LogP contribution in [0.2, 0.25) is 0 Å². The first-order chi connectivity index (χ1) is 10.8. The highest BCUT2D eigenvalue weighted by molar-refractivity contribution is 5.68. The van der Waals surface area contributed by atoms with Gasteiger partial charge in [0.05, 0.1) is 0 Å². The number of benzene rings is 3. The van der Waals surface area contributed by atoms with Gasteiger partial charge in [-0.15, -0.1) is 0 Å². The molecule has 0 aromatic heterocycles. The van der Waals surface area contributed by atoms with Crippen LogP contribution in [0, 0.1) is 0 Å². The van der Waals surface area contributed by atoms with E-state index in [1.165, 1.54) is 27.8 Å². The summed E-state index contributed by atoms with van der Waals surface area (Å²) in [6.45, 7) is 4.55. The second-order valence-corrected chi connectivity index (χ2v) is 5.73. The van der Waals surface area contributed by atoms with Crippen LogP contribution in [-0.2, 0) is 6.42 Å². The van der Waals surface area contributed by atoms with Crippen molar-refractivity contribution in [2.45, 2.75) is 26.2 Å². The van der Waals surface area contributed by atoms with Crippen LogP contribution in [0.15, 0.2) is 78.9 Å². The molecule has 0 aliphatic heterocycles. The molecule has 3 aromatic rings. The number of aryl methyl sites for hydroxylation is 1. The molecular formula is C22H22. The third kappa shape index (κ3) is 2.82. The van der Waals surface area contributed by atoms with Gasteiger partial charge in [-0.2, -0.15) is 0 Å². The van der Waals surface area contributed by atoms with Crippen molar-refractivity contribution in [1.82, 2.24) is 0 Å². The summed E-state index contributed by atoms with van der Waals surface area (Å²) in [6, 6.07) is 28.2. The summed E-state index contributed by atoms with van der Waals surface area (Å²) < 4.78 is 0. The van der Waals surface area contributed by atoms with Crippen molar-refractivity contribution in [2.75, 3.05) is 0 Å². The Morgan fingerprint density at radius 3 is 2.00 bits per heavy atom. The molecule has 0 radical (unpaired) electrons. The molecular weight excluding hydrogens is 264 g/mol. The summed E-state index contributed by atoms with van der Waals surface area (Å²) in [5.41, 5.74) is 6.90. The van der Waals surface area contributed by atoms with Crippen LogP contribution in [0.1, 0.15) is 36.5 Å². The van der Waals surface area contributed by atoms with E-state index in [0.717, 1.165) is 6.42 Å². The lowest BCUT2D eigenvalue weighted by atomic mass is 9.84. The Morgan fingerprint density at radius 1 is 0.682 bits per heavy atom. The van der Waals surface area contributed by atoms with Gasteiger partial charge in [0.1, 0.15) is 0 Å². The molecule has 0 bridgehead atoms. The molecule has 0 N–H and O–H groups in total. The minimum Gasteiger partial charge on any atom is -0.0622 e. The largest absolute Gasteiger partial charge is 0.0622 e. The zero-order chi connectivity index (χ0) is 15.4.